The lowest BCUT2D eigenvalue weighted by Crippen LogP contribution is -2.52. The van der Waals surface area contributed by atoms with E-state index in [4.69, 9.17) is 16.6 Å². The minimum Gasteiger partial charge on any atom is -0.504 e. The highest BCUT2D eigenvalue weighted by Crippen LogP contribution is 2.35. The highest BCUT2D eigenvalue weighted by atomic mass is 35.5. The van der Waals surface area contributed by atoms with Gasteiger partial charge >= 0.3 is 6.09 Å². The van der Waals surface area contributed by atoms with E-state index in [2.05, 4.69) is 10.3 Å². The van der Waals surface area contributed by atoms with Crippen LogP contribution in [-0.4, -0.2) is 54.6 Å². The van der Waals surface area contributed by atoms with Crippen molar-refractivity contribution < 1.29 is 24.2 Å². The fourth-order valence-corrected chi connectivity index (χ4v) is 5.23. The maximum absolute atomic E-state index is 14.1. The van der Waals surface area contributed by atoms with E-state index in [0.717, 1.165) is 6.07 Å². The average molecular weight is 529 g/mol. The van der Waals surface area contributed by atoms with Crippen LogP contribution in [-0.2, 0) is 0 Å². The van der Waals surface area contributed by atoms with E-state index in [0.29, 0.717) is 59.2 Å². The number of aromatic nitrogens is 2. The molecule has 3 aromatic rings. The minimum absolute atomic E-state index is 0.00146. The number of phenolic OH excluding ortho intramolecular Hbond substituents is 1. The average Bonchev–Trinajstić information content (AvgIpc) is 2.82. The molecule has 3 N–H and O–H groups in total. The Hall–Kier alpha value is -3.46. The van der Waals surface area contributed by atoms with Gasteiger partial charge in [-0.25, -0.2) is 14.2 Å². The zero-order valence-electron chi connectivity index (χ0n) is 21.2. The monoisotopic (exact) mass is 528 g/mol. The van der Waals surface area contributed by atoms with Gasteiger partial charge in [-0.05, 0) is 77.6 Å². The van der Waals surface area contributed by atoms with Crippen molar-refractivity contribution in [3.8, 4) is 17.0 Å². The number of rotatable bonds is 5. The van der Waals surface area contributed by atoms with Crippen molar-refractivity contribution in [3.05, 3.63) is 46.9 Å². The van der Waals surface area contributed by atoms with E-state index in [-0.39, 0.29) is 22.9 Å². The molecule has 1 fully saturated rings. The Balaban J connectivity index is 1.67. The Kier molecular flexibility index (Phi) is 7.28. The summed E-state index contributed by atoms with van der Waals surface area (Å²) in [6.07, 6.45) is 3.38. The number of carbonyl (C=O) groups excluding carboxylic acids is 1. The molecule has 1 aliphatic carbocycles. The lowest BCUT2D eigenvalue weighted by atomic mass is 9.87. The van der Waals surface area contributed by atoms with Crippen LogP contribution in [0.1, 0.15) is 63.7 Å². The van der Waals surface area contributed by atoms with Gasteiger partial charge in [-0.2, -0.15) is 0 Å². The summed E-state index contributed by atoms with van der Waals surface area (Å²) in [4.78, 5) is 35.0. The molecule has 1 aliphatic rings. The maximum atomic E-state index is 14.1. The van der Waals surface area contributed by atoms with Crippen LogP contribution in [0.2, 0.25) is 5.02 Å². The molecule has 0 radical (unpaired) electrons. The molecule has 1 amide bonds. The second-order valence-corrected chi connectivity index (χ2v) is 10.8. The van der Waals surface area contributed by atoms with Crippen molar-refractivity contribution in [1.82, 2.24) is 14.9 Å². The summed E-state index contributed by atoms with van der Waals surface area (Å²) >= 11 is 5.97. The SMILES string of the molecule is CC(=O)c1cnc2ccc(-c3cc(F)c(O)c(Cl)c3)nc2c1NC1CCC(N(C(=O)O)C(C)(C)C)CC1. The molecule has 2 heterocycles. The molecule has 0 aliphatic heterocycles. The predicted octanol–water partition coefficient (Wildman–Crippen LogP) is 6.50. The Morgan fingerprint density at radius 3 is 2.41 bits per heavy atom. The van der Waals surface area contributed by atoms with Crippen molar-refractivity contribution in [2.45, 2.75) is 71.0 Å². The molecule has 4 rings (SSSR count). The van der Waals surface area contributed by atoms with Gasteiger partial charge in [0, 0.05) is 29.4 Å². The van der Waals surface area contributed by atoms with Gasteiger partial charge in [0.2, 0.25) is 0 Å². The number of aromatic hydroxyl groups is 1. The zero-order chi connectivity index (χ0) is 27.1. The molecule has 8 nitrogen and oxygen atoms in total. The number of carbonyl (C=O) groups is 2. The number of hydrogen-bond acceptors (Lipinski definition) is 6. The van der Waals surface area contributed by atoms with Gasteiger partial charge in [0.25, 0.3) is 0 Å². The summed E-state index contributed by atoms with van der Waals surface area (Å²) < 4.78 is 14.1. The predicted molar refractivity (Wildman–Crippen MR) is 141 cm³/mol. The third-order valence-corrected chi connectivity index (χ3v) is 7.03. The molecule has 1 aromatic carbocycles. The summed E-state index contributed by atoms with van der Waals surface area (Å²) in [6, 6.07) is 5.89. The van der Waals surface area contributed by atoms with Crippen molar-refractivity contribution in [2.75, 3.05) is 5.32 Å². The van der Waals surface area contributed by atoms with Gasteiger partial charge in [0.15, 0.2) is 17.3 Å². The highest BCUT2D eigenvalue weighted by Gasteiger charge is 2.36. The molecule has 10 heteroatoms. The summed E-state index contributed by atoms with van der Waals surface area (Å²) in [5, 5.41) is 22.8. The van der Waals surface area contributed by atoms with Crippen LogP contribution in [0.15, 0.2) is 30.5 Å². The molecule has 37 heavy (non-hydrogen) atoms. The number of Topliss-reactive ketones (excluding diaryl/α,β-unsaturated/α-hetero) is 1. The molecule has 196 valence electrons. The molecule has 0 spiro atoms. The Bertz CT molecular complexity index is 1340. The van der Waals surface area contributed by atoms with E-state index in [9.17, 15) is 24.2 Å². The first kappa shape index (κ1) is 26.6. The van der Waals surface area contributed by atoms with E-state index >= 15 is 0 Å². The number of halogens is 2. The summed E-state index contributed by atoms with van der Waals surface area (Å²) in [5.74, 6) is -1.67. The van der Waals surface area contributed by atoms with Crippen LogP contribution in [0.3, 0.4) is 0 Å². The van der Waals surface area contributed by atoms with Crippen LogP contribution < -0.4 is 5.32 Å². The van der Waals surface area contributed by atoms with Gasteiger partial charge in [0.05, 0.1) is 27.5 Å². The minimum atomic E-state index is -0.926. The molecular formula is C27H30ClFN4O4. The molecule has 0 bridgehead atoms. The summed E-state index contributed by atoms with van der Waals surface area (Å²) in [7, 11) is 0. The number of hydrogen-bond donors (Lipinski definition) is 3. The van der Waals surface area contributed by atoms with E-state index < -0.39 is 23.2 Å². The summed E-state index contributed by atoms with van der Waals surface area (Å²) in [6.45, 7) is 7.14. The number of anilines is 1. The van der Waals surface area contributed by atoms with Gasteiger partial charge in [-0.1, -0.05) is 11.6 Å². The van der Waals surface area contributed by atoms with Gasteiger partial charge < -0.3 is 20.4 Å². The third kappa shape index (κ3) is 5.46. The number of nitrogens with zero attached hydrogens (tertiary/aromatic N) is 3. The van der Waals surface area contributed by atoms with Crippen LogP contribution in [0.25, 0.3) is 22.3 Å². The molecule has 0 atom stereocenters. The number of ketones is 1. The Morgan fingerprint density at radius 2 is 1.84 bits per heavy atom. The largest absolute Gasteiger partial charge is 0.504 e. The van der Waals surface area contributed by atoms with Crippen molar-refractivity contribution in [3.63, 3.8) is 0 Å². The number of phenols is 1. The number of amides is 1. The standard InChI is InChI=1S/C27H30ClFN4O4/c1-14(34)18-13-30-22-10-9-21(15-11-19(28)25(35)20(29)12-15)32-24(22)23(18)31-16-5-7-17(8-6-16)33(26(36)37)27(2,3)4/h9-13,16-17,35H,5-8H2,1-4H3,(H,30,31)(H,36,37). The number of benzene rings is 1. The van der Waals surface area contributed by atoms with Crippen molar-refractivity contribution >= 4 is 40.2 Å². The van der Waals surface area contributed by atoms with Crippen LogP contribution in [0, 0.1) is 5.82 Å². The highest BCUT2D eigenvalue weighted by molar-refractivity contribution is 6.32. The van der Waals surface area contributed by atoms with Crippen LogP contribution in [0.4, 0.5) is 14.9 Å². The fraction of sp³-hybridized carbons (Fsp3) is 0.407. The Labute approximate surface area is 219 Å². The van der Waals surface area contributed by atoms with E-state index in [1.165, 1.54) is 24.1 Å². The molecule has 0 unspecified atom stereocenters. The number of fused-ring (bicyclic) bond motifs is 1. The molecular weight excluding hydrogens is 499 g/mol. The fourth-order valence-electron chi connectivity index (χ4n) is 5.03. The van der Waals surface area contributed by atoms with Gasteiger partial charge in [-0.3, -0.25) is 9.78 Å². The van der Waals surface area contributed by atoms with Gasteiger partial charge in [-0.15, -0.1) is 0 Å². The first-order valence-electron chi connectivity index (χ1n) is 12.1. The maximum Gasteiger partial charge on any atom is 0.407 e. The quantitative estimate of drug-likeness (QED) is 0.324. The first-order valence-corrected chi connectivity index (χ1v) is 12.5. The normalized spacial score (nSPS) is 18.0. The number of carboxylic acid groups (broad SMARTS) is 1. The topological polar surface area (TPSA) is 116 Å². The van der Waals surface area contributed by atoms with Crippen molar-refractivity contribution in [2.24, 2.45) is 0 Å². The zero-order valence-corrected chi connectivity index (χ0v) is 21.9. The molecule has 2 aromatic heterocycles. The lowest BCUT2D eigenvalue weighted by Gasteiger charge is -2.43. The molecule has 0 saturated heterocycles. The smallest absolute Gasteiger partial charge is 0.407 e. The van der Waals surface area contributed by atoms with Gasteiger partial charge in [0.1, 0.15) is 5.52 Å². The second kappa shape index (κ2) is 10.1. The molecule has 1 saturated carbocycles. The number of pyridine rings is 2. The second-order valence-electron chi connectivity index (χ2n) is 10.4. The number of nitrogens with one attached hydrogen (secondary N) is 1. The first-order chi connectivity index (χ1) is 17.4. The van der Waals surface area contributed by atoms with Crippen LogP contribution >= 0.6 is 11.6 Å². The van der Waals surface area contributed by atoms with E-state index in [1.54, 1.807) is 12.1 Å². The van der Waals surface area contributed by atoms with Crippen LogP contribution in [0.5, 0.6) is 5.75 Å². The third-order valence-electron chi connectivity index (χ3n) is 6.74. The van der Waals surface area contributed by atoms with E-state index in [1.807, 2.05) is 20.8 Å². The summed E-state index contributed by atoms with van der Waals surface area (Å²) in [5.41, 5.74) is 2.22. The lowest BCUT2D eigenvalue weighted by molar-refractivity contribution is 0.0556. The van der Waals surface area contributed by atoms with Crippen molar-refractivity contribution in [1.29, 1.82) is 0 Å². The Morgan fingerprint density at radius 1 is 1.16 bits per heavy atom.